The first-order chi connectivity index (χ1) is 7.38. The van der Waals surface area contributed by atoms with Gasteiger partial charge < -0.3 is 14.9 Å². The molecule has 1 atom stereocenters. The Morgan fingerprint density at radius 1 is 1.33 bits per heavy atom. The molecule has 1 fully saturated rings. The Morgan fingerprint density at radius 3 is 2.93 bits per heavy atom. The van der Waals surface area contributed by atoms with Gasteiger partial charge in [-0.15, -0.1) is 10.2 Å². The largest absolute Gasteiger partial charge is 0.425 e. The summed E-state index contributed by atoms with van der Waals surface area (Å²) in [5.74, 6) is 1.38. The standard InChI is InChI=1S/C10H17N3O2/c11-5-1-4-9-12-13-10(15-9)7-8-3-2-6-14-8/h8H,1-7,11H2. The van der Waals surface area contributed by atoms with Crippen LogP contribution in [0, 0.1) is 0 Å². The topological polar surface area (TPSA) is 74.2 Å². The first-order valence-electron chi connectivity index (χ1n) is 5.51. The van der Waals surface area contributed by atoms with Crippen molar-refractivity contribution in [3.05, 3.63) is 11.8 Å². The van der Waals surface area contributed by atoms with E-state index < -0.39 is 0 Å². The Kier molecular flexibility index (Phi) is 3.69. The molecule has 1 aromatic heterocycles. The molecule has 0 amide bonds. The van der Waals surface area contributed by atoms with E-state index >= 15 is 0 Å². The lowest BCUT2D eigenvalue weighted by Crippen LogP contribution is -2.08. The molecule has 2 heterocycles. The zero-order chi connectivity index (χ0) is 10.5. The highest BCUT2D eigenvalue weighted by Crippen LogP contribution is 2.16. The summed E-state index contributed by atoms with van der Waals surface area (Å²) in [7, 11) is 0. The summed E-state index contributed by atoms with van der Waals surface area (Å²) >= 11 is 0. The van der Waals surface area contributed by atoms with Gasteiger partial charge in [-0.3, -0.25) is 0 Å². The summed E-state index contributed by atoms with van der Waals surface area (Å²) in [5.41, 5.74) is 5.41. The maximum absolute atomic E-state index is 5.50. The van der Waals surface area contributed by atoms with Crippen molar-refractivity contribution >= 4 is 0 Å². The molecule has 2 rings (SSSR count). The van der Waals surface area contributed by atoms with E-state index in [1.54, 1.807) is 0 Å². The summed E-state index contributed by atoms with van der Waals surface area (Å²) < 4.78 is 11.0. The van der Waals surface area contributed by atoms with Crippen molar-refractivity contribution in [2.24, 2.45) is 5.73 Å². The third-order valence-electron chi connectivity index (χ3n) is 2.53. The van der Waals surface area contributed by atoms with E-state index in [4.69, 9.17) is 14.9 Å². The van der Waals surface area contributed by atoms with Gasteiger partial charge in [-0.1, -0.05) is 0 Å². The number of rotatable bonds is 5. The zero-order valence-electron chi connectivity index (χ0n) is 8.82. The van der Waals surface area contributed by atoms with Crippen LogP contribution in [-0.4, -0.2) is 29.5 Å². The molecule has 1 aliphatic heterocycles. The van der Waals surface area contributed by atoms with Crippen LogP contribution in [0.3, 0.4) is 0 Å². The highest BCUT2D eigenvalue weighted by atomic mass is 16.5. The van der Waals surface area contributed by atoms with Crippen LogP contribution in [-0.2, 0) is 17.6 Å². The maximum Gasteiger partial charge on any atom is 0.219 e. The number of aryl methyl sites for hydroxylation is 1. The molecular formula is C10H17N3O2. The van der Waals surface area contributed by atoms with Gasteiger partial charge in [0.2, 0.25) is 11.8 Å². The van der Waals surface area contributed by atoms with Crippen molar-refractivity contribution in [3.63, 3.8) is 0 Å². The van der Waals surface area contributed by atoms with Crippen LogP contribution in [0.15, 0.2) is 4.42 Å². The monoisotopic (exact) mass is 211 g/mol. The van der Waals surface area contributed by atoms with E-state index in [2.05, 4.69) is 10.2 Å². The van der Waals surface area contributed by atoms with Crippen LogP contribution < -0.4 is 5.73 Å². The van der Waals surface area contributed by atoms with E-state index in [1.807, 2.05) is 0 Å². The quantitative estimate of drug-likeness (QED) is 0.775. The van der Waals surface area contributed by atoms with Gasteiger partial charge in [-0.05, 0) is 25.8 Å². The number of aromatic nitrogens is 2. The van der Waals surface area contributed by atoms with E-state index in [1.165, 1.54) is 0 Å². The fraction of sp³-hybridized carbons (Fsp3) is 0.800. The molecule has 1 unspecified atom stereocenters. The average Bonchev–Trinajstić information content (AvgIpc) is 2.87. The Hall–Kier alpha value is -0.940. The summed E-state index contributed by atoms with van der Waals surface area (Å²) in [5, 5.41) is 7.96. The van der Waals surface area contributed by atoms with Gasteiger partial charge in [0.1, 0.15) is 0 Å². The van der Waals surface area contributed by atoms with E-state index in [0.717, 1.165) is 38.7 Å². The van der Waals surface area contributed by atoms with Crippen LogP contribution in [0.1, 0.15) is 31.0 Å². The Balaban J connectivity index is 1.83. The molecule has 0 radical (unpaired) electrons. The van der Waals surface area contributed by atoms with E-state index in [0.29, 0.717) is 18.3 Å². The Labute approximate surface area is 89.0 Å². The third kappa shape index (κ3) is 3.00. The smallest absolute Gasteiger partial charge is 0.219 e. The predicted octanol–water partition coefficient (Wildman–Crippen LogP) is 0.682. The molecular weight excluding hydrogens is 194 g/mol. The van der Waals surface area contributed by atoms with Crippen molar-refractivity contribution < 1.29 is 9.15 Å². The second-order valence-corrected chi connectivity index (χ2v) is 3.82. The molecule has 2 N–H and O–H groups in total. The Bertz CT molecular complexity index is 295. The number of nitrogens with zero attached hydrogens (tertiary/aromatic N) is 2. The summed E-state index contributed by atoms with van der Waals surface area (Å²) in [6.45, 7) is 1.52. The molecule has 0 saturated carbocycles. The highest BCUT2D eigenvalue weighted by Gasteiger charge is 2.19. The summed E-state index contributed by atoms with van der Waals surface area (Å²) in [4.78, 5) is 0. The second-order valence-electron chi connectivity index (χ2n) is 3.82. The molecule has 84 valence electrons. The summed E-state index contributed by atoms with van der Waals surface area (Å²) in [6.07, 6.45) is 4.92. The highest BCUT2D eigenvalue weighted by molar-refractivity contribution is 4.86. The predicted molar refractivity (Wildman–Crippen MR) is 54.4 cm³/mol. The lowest BCUT2D eigenvalue weighted by molar-refractivity contribution is 0.105. The van der Waals surface area contributed by atoms with Crippen molar-refractivity contribution in [2.45, 2.75) is 38.2 Å². The summed E-state index contributed by atoms with van der Waals surface area (Å²) in [6, 6.07) is 0. The van der Waals surface area contributed by atoms with Gasteiger partial charge in [0.05, 0.1) is 12.5 Å². The number of hydrogen-bond acceptors (Lipinski definition) is 5. The van der Waals surface area contributed by atoms with Gasteiger partial charge in [-0.25, -0.2) is 0 Å². The molecule has 5 heteroatoms. The molecule has 15 heavy (non-hydrogen) atoms. The molecule has 1 aliphatic rings. The minimum atomic E-state index is 0.271. The molecule has 1 saturated heterocycles. The van der Waals surface area contributed by atoms with Gasteiger partial charge >= 0.3 is 0 Å². The molecule has 0 aromatic carbocycles. The number of hydrogen-bond donors (Lipinski definition) is 1. The molecule has 0 aliphatic carbocycles. The van der Waals surface area contributed by atoms with Crippen LogP contribution in [0.4, 0.5) is 0 Å². The average molecular weight is 211 g/mol. The Morgan fingerprint density at radius 2 is 2.20 bits per heavy atom. The zero-order valence-corrected chi connectivity index (χ0v) is 8.82. The van der Waals surface area contributed by atoms with Crippen LogP contribution in [0.2, 0.25) is 0 Å². The van der Waals surface area contributed by atoms with E-state index in [-0.39, 0.29) is 6.10 Å². The minimum Gasteiger partial charge on any atom is -0.425 e. The van der Waals surface area contributed by atoms with Crippen molar-refractivity contribution in [1.29, 1.82) is 0 Å². The molecule has 1 aromatic rings. The first kappa shape index (κ1) is 10.6. The number of ether oxygens (including phenoxy) is 1. The van der Waals surface area contributed by atoms with Gasteiger partial charge in [0.25, 0.3) is 0 Å². The maximum atomic E-state index is 5.50. The van der Waals surface area contributed by atoms with Crippen LogP contribution in [0.5, 0.6) is 0 Å². The normalized spacial score (nSPS) is 21.0. The first-order valence-corrected chi connectivity index (χ1v) is 5.51. The van der Waals surface area contributed by atoms with E-state index in [9.17, 15) is 0 Å². The lowest BCUT2D eigenvalue weighted by Gasteiger charge is -2.03. The lowest BCUT2D eigenvalue weighted by atomic mass is 10.2. The fourth-order valence-corrected chi connectivity index (χ4v) is 1.73. The molecule has 0 spiro atoms. The van der Waals surface area contributed by atoms with Gasteiger partial charge in [0.15, 0.2) is 0 Å². The third-order valence-corrected chi connectivity index (χ3v) is 2.53. The van der Waals surface area contributed by atoms with Crippen molar-refractivity contribution in [2.75, 3.05) is 13.2 Å². The minimum absolute atomic E-state index is 0.271. The SMILES string of the molecule is NCCCc1nnc(CC2CCCO2)o1. The van der Waals surface area contributed by atoms with Crippen LogP contribution >= 0.6 is 0 Å². The van der Waals surface area contributed by atoms with Crippen molar-refractivity contribution in [1.82, 2.24) is 10.2 Å². The fourth-order valence-electron chi connectivity index (χ4n) is 1.73. The molecule has 5 nitrogen and oxygen atoms in total. The van der Waals surface area contributed by atoms with Crippen molar-refractivity contribution in [3.8, 4) is 0 Å². The van der Waals surface area contributed by atoms with Gasteiger partial charge in [0, 0.05) is 13.0 Å². The van der Waals surface area contributed by atoms with Crippen LogP contribution in [0.25, 0.3) is 0 Å². The number of nitrogens with two attached hydrogens (primary N) is 1. The second kappa shape index (κ2) is 5.23. The molecule has 0 bridgehead atoms. The van der Waals surface area contributed by atoms with Gasteiger partial charge in [-0.2, -0.15) is 0 Å².